The fraction of sp³-hybridized carbons (Fsp3) is 0.538. The van der Waals surface area contributed by atoms with Gasteiger partial charge < -0.3 is 9.64 Å². The van der Waals surface area contributed by atoms with Gasteiger partial charge in [-0.1, -0.05) is 6.07 Å². The number of anilines is 1. The molecule has 2 fully saturated rings. The molecule has 1 unspecified atom stereocenters. The summed E-state index contributed by atoms with van der Waals surface area (Å²) in [5.74, 6) is 0.735. The molecule has 0 spiro atoms. The average molecular weight is 282 g/mol. The fourth-order valence-electron chi connectivity index (χ4n) is 2.59. The Balaban J connectivity index is 1.78. The van der Waals surface area contributed by atoms with Crippen molar-refractivity contribution in [3.05, 3.63) is 24.3 Å². The van der Waals surface area contributed by atoms with Crippen molar-refractivity contribution in [2.45, 2.75) is 10.9 Å². The topological polar surface area (TPSA) is 58.6 Å². The highest BCUT2D eigenvalue weighted by atomic mass is 32.2. The molecule has 1 aliphatic heterocycles. The van der Waals surface area contributed by atoms with Gasteiger partial charge in [-0.15, -0.1) is 0 Å². The van der Waals surface area contributed by atoms with E-state index in [-0.39, 0.29) is 6.04 Å². The monoisotopic (exact) mass is 282 g/mol. The Bertz CT molecular complexity index is 575. The molecule has 3 rings (SSSR count). The molecular weight excluding hydrogens is 264 g/mol. The Kier molecular flexibility index (Phi) is 3.03. The minimum absolute atomic E-state index is 0.0572. The minimum atomic E-state index is -3.43. The maximum Gasteiger partial charge on any atom is 0.240 e. The largest absolute Gasteiger partial charge is 0.381 e. The molecule has 0 radical (unpaired) electrons. The Morgan fingerprint density at radius 1 is 1.26 bits per heavy atom. The Morgan fingerprint density at radius 3 is 2.58 bits per heavy atom. The molecule has 19 heavy (non-hydrogen) atoms. The molecule has 3 atom stereocenters. The van der Waals surface area contributed by atoms with Crippen LogP contribution in [0.3, 0.4) is 0 Å². The van der Waals surface area contributed by atoms with Gasteiger partial charge in [-0.3, -0.25) is 0 Å². The lowest BCUT2D eigenvalue weighted by Crippen LogP contribution is -2.30. The molecule has 1 aromatic rings. The molecule has 1 aromatic carbocycles. The number of fused-ring (bicyclic) bond motifs is 1. The van der Waals surface area contributed by atoms with Gasteiger partial charge in [-0.25, -0.2) is 13.1 Å². The highest BCUT2D eigenvalue weighted by Crippen LogP contribution is 2.44. The van der Waals surface area contributed by atoms with Gasteiger partial charge in [0.25, 0.3) is 0 Å². The van der Waals surface area contributed by atoms with Crippen LogP contribution in [0.25, 0.3) is 0 Å². The lowest BCUT2D eigenvalue weighted by molar-refractivity contribution is 0.159. The van der Waals surface area contributed by atoms with E-state index in [0.29, 0.717) is 29.9 Å². The van der Waals surface area contributed by atoms with Gasteiger partial charge >= 0.3 is 0 Å². The molecule has 5 nitrogen and oxygen atoms in total. The summed E-state index contributed by atoms with van der Waals surface area (Å²) in [4.78, 5) is 2.21. The fourth-order valence-corrected chi connectivity index (χ4v) is 3.97. The van der Waals surface area contributed by atoms with Gasteiger partial charge in [0.05, 0.1) is 18.1 Å². The van der Waals surface area contributed by atoms with E-state index in [9.17, 15) is 8.42 Å². The number of nitrogens with one attached hydrogen (secondary N) is 1. The molecule has 1 heterocycles. The van der Waals surface area contributed by atoms with Crippen molar-refractivity contribution in [3.8, 4) is 0 Å². The lowest BCUT2D eigenvalue weighted by Gasteiger charge is -2.14. The van der Waals surface area contributed by atoms with Crippen LogP contribution in [-0.2, 0) is 14.8 Å². The van der Waals surface area contributed by atoms with E-state index in [4.69, 9.17) is 4.74 Å². The quantitative estimate of drug-likeness (QED) is 0.882. The molecule has 0 aromatic heterocycles. The van der Waals surface area contributed by atoms with Gasteiger partial charge in [0, 0.05) is 37.7 Å². The number of hydrogen-bond acceptors (Lipinski definition) is 4. The number of ether oxygens (including phenoxy) is 1. The van der Waals surface area contributed by atoms with Gasteiger partial charge in [0.2, 0.25) is 10.0 Å². The van der Waals surface area contributed by atoms with Crippen LogP contribution < -0.4 is 9.62 Å². The SMILES string of the molecule is CN(C)c1cccc(S(=O)(=O)NC2[C@H]3COC[C@@H]23)c1. The number of hydrogen-bond donors (Lipinski definition) is 1. The third kappa shape index (κ3) is 2.35. The Morgan fingerprint density at radius 2 is 1.95 bits per heavy atom. The summed E-state index contributed by atoms with van der Waals surface area (Å²) in [6.07, 6.45) is 0. The van der Waals surface area contributed by atoms with Gasteiger partial charge in [-0.2, -0.15) is 0 Å². The predicted octanol–water partition coefficient (Wildman–Crippen LogP) is 0.676. The number of sulfonamides is 1. The molecule has 2 aliphatic rings. The highest BCUT2D eigenvalue weighted by Gasteiger charge is 2.55. The second-order valence-electron chi connectivity index (χ2n) is 5.40. The second kappa shape index (κ2) is 4.47. The lowest BCUT2D eigenvalue weighted by atomic mass is 10.3. The van der Waals surface area contributed by atoms with Crippen molar-refractivity contribution >= 4 is 15.7 Å². The Labute approximate surface area is 113 Å². The van der Waals surface area contributed by atoms with Crippen LogP contribution in [-0.4, -0.2) is 41.8 Å². The number of rotatable bonds is 4. The summed E-state index contributed by atoms with van der Waals surface area (Å²) in [6, 6.07) is 7.03. The summed E-state index contributed by atoms with van der Waals surface area (Å²) in [5.41, 5.74) is 0.877. The van der Waals surface area contributed by atoms with Crippen LogP contribution in [0, 0.1) is 11.8 Å². The smallest absolute Gasteiger partial charge is 0.240 e. The van der Waals surface area contributed by atoms with Crippen LogP contribution in [0.1, 0.15) is 0 Å². The molecular formula is C13H18N2O3S. The van der Waals surface area contributed by atoms with E-state index in [0.717, 1.165) is 5.69 Å². The molecule has 0 amide bonds. The predicted molar refractivity (Wildman–Crippen MR) is 72.7 cm³/mol. The van der Waals surface area contributed by atoms with Gasteiger partial charge in [0.1, 0.15) is 0 Å². The first-order valence-corrected chi connectivity index (χ1v) is 7.85. The Hall–Kier alpha value is -1.11. The van der Waals surface area contributed by atoms with Crippen LogP contribution in [0.2, 0.25) is 0 Å². The zero-order chi connectivity index (χ0) is 13.6. The normalized spacial score (nSPS) is 29.1. The number of benzene rings is 1. The molecule has 1 saturated heterocycles. The van der Waals surface area contributed by atoms with E-state index in [1.165, 1.54) is 0 Å². The van der Waals surface area contributed by atoms with E-state index in [2.05, 4.69) is 4.72 Å². The zero-order valence-corrected chi connectivity index (χ0v) is 11.9. The molecule has 6 heteroatoms. The van der Waals surface area contributed by atoms with Gasteiger partial charge in [-0.05, 0) is 18.2 Å². The van der Waals surface area contributed by atoms with Crippen molar-refractivity contribution in [2.24, 2.45) is 11.8 Å². The summed E-state index contributed by atoms with van der Waals surface area (Å²) in [6.45, 7) is 1.35. The van der Waals surface area contributed by atoms with Crippen LogP contribution >= 0.6 is 0 Å². The number of nitrogens with zero attached hydrogens (tertiary/aromatic N) is 1. The van der Waals surface area contributed by atoms with E-state index >= 15 is 0 Å². The van der Waals surface area contributed by atoms with Gasteiger partial charge in [0.15, 0.2) is 0 Å². The van der Waals surface area contributed by atoms with E-state index in [1.807, 2.05) is 25.1 Å². The van der Waals surface area contributed by atoms with Crippen LogP contribution in [0.4, 0.5) is 5.69 Å². The first-order chi connectivity index (χ1) is 8.99. The highest BCUT2D eigenvalue weighted by molar-refractivity contribution is 7.89. The molecule has 1 N–H and O–H groups in total. The molecule has 0 bridgehead atoms. The molecule has 104 valence electrons. The maximum absolute atomic E-state index is 12.3. The third-order valence-corrected chi connectivity index (χ3v) is 5.34. The standard InChI is InChI=1S/C13H18N2O3S/c1-15(2)9-4-3-5-10(6-9)19(16,17)14-13-11-7-18-8-12(11)13/h3-6,11-14H,7-8H2,1-2H3/t11-,12+,13?. The summed E-state index contributed by atoms with van der Waals surface area (Å²) < 4.78 is 32.7. The van der Waals surface area contributed by atoms with Crippen molar-refractivity contribution in [1.29, 1.82) is 0 Å². The third-order valence-electron chi connectivity index (χ3n) is 3.89. The summed E-state index contributed by atoms with van der Waals surface area (Å²) in [7, 11) is 0.354. The summed E-state index contributed by atoms with van der Waals surface area (Å²) >= 11 is 0. The first-order valence-electron chi connectivity index (χ1n) is 6.36. The van der Waals surface area contributed by atoms with Crippen molar-refractivity contribution in [2.75, 3.05) is 32.2 Å². The first kappa shape index (κ1) is 12.9. The van der Waals surface area contributed by atoms with E-state index < -0.39 is 10.0 Å². The maximum atomic E-state index is 12.3. The van der Waals surface area contributed by atoms with Crippen LogP contribution in [0.15, 0.2) is 29.2 Å². The van der Waals surface area contributed by atoms with E-state index in [1.54, 1.807) is 18.2 Å². The van der Waals surface area contributed by atoms with Crippen molar-refractivity contribution in [1.82, 2.24) is 4.72 Å². The average Bonchev–Trinajstić information content (AvgIpc) is 2.82. The van der Waals surface area contributed by atoms with Crippen molar-refractivity contribution < 1.29 is 13.2 Å². The molecule has 1 saturated carbocycles. The van der Waals surface area contributed by atoms with Crippen LogP contribution in [0.5, 0.6) is 0 Å². The second-order valence-corrected chi connectivity index (χ2v) is 7.12. The summed E-state index contributed by atoms with van der Waals surface area (Å²) in [5, 5.41) is 0. The zero-order valence-electron chi connectivity index (χ0n) is 11.0. The molecule has 1 aliphatic carbocycles. The minimum Gasteiger partial charge on any atom is -0.381 e. The van der Waals surface area contributed by atoms with Crippen molar-refractivity contribution in [3.63, 3.8) is 0 Å².